The van der Waals surface area contributed by atoms with Gasteiger partial charge in [-0.2, -0.15) is 0 Å². The molecular weight excluding hydrogens is 290 g/mol. The Bertz CT molecular complexity index is 710. The fourth-order valence-corrected chi connectivity index (χ4v) is 2.88. The van der Waals surface area contributed by atoms with E-state index in [9.17, 15) is 4.79 Å². The number of anilines is 1. The number of nitrogens with zero attached hydrogens (tertiary/aromatic N) is 3. The third-order valence-corrected chi connectivity index (χ3v) is 4.08. The molecule has 1 aromatic heterocycles. The monoisotopic (exact) mass is 311 g/mol. The van der Waals surface area contributed by atoms with Gasteiger partial charge in [-0.3, -0.25) is 10.2 Å². The highest BCUT2D eigenvalue weighted by Gasteiger charge is 2.21. The lowest BCUT2D eigenvalue weighted by molar-refractivity contribution is 0.0953. The highest BCUT2D eigenvalue weighted by Crippen LogP contribution is 2.25. The van der Waals surface area contributed by atoms with E-state index in [2.05, 4.69) is 20.3 Å². The molecule has 23 heavy (non-hydrogen) atoms. The van der Waals surface area contributed by atoms with Crippen molar-refractivity contribution < 1.29 is 4.79 Å². The van der Waals surface area contributed by atoms with Crippen molar-refractivity contribution in [1.29, 1.82) is 0 Å². The molecule has 6 heteroatoms. The van der Waals surface area contributed by atoms with Crippen LogP contribution >= 0.6 is 0 Å². The molecule has 0 spiro atoms. The fraction of sp³-hybridized carbons (Fsp3) is 0.353. The van der Waals surface area contributed by atoms with Crippen molar-refractivity contribution in [3.63, 3.8) is 0 Å². The quantitative estimate of drug-likeness (QED) is 0.515. The molecule has 120 valence electrons. The first-order valence-corrected chi connectivity index (χ1v) is 7.89. The summed E-state index contributed by atoms with van der Waals surface area (Å²) >= 11 is 0. The van der Waals surface area contributed by atoms with Gasteiger partial charge in [-0.1, -0.05) is 23.8 Å². The maximum atomic E-state index is 12.0. The van der Waals surface area contributed by atoms with Gasteiger partial charge in [-0.05, 0) is 32.3 Å². The van der Waals surface area contributed by atoms with E-state index >= 15 is 0 Å². The van der Waals surface area contributed by atoms with E-state index in [0.717, 1.165) is 37.1 Å². The van der Waals surface area contributed by atoms with Crippen LogP contribution in [-0.4, -0.2) is 29.0 Å². The Labute approximate surface area is 135 Å². The van der Waals surface area contributed by atoms with Gasteiger partial charge in [0, 0.05) is 24.8 Å². The highest BCUT2D eigenvalue weighted by atomic mass is 16.2. The number of aryl methyl sites for hydroxylation is 1. The minimum Gasteiger partial charge on any atom is -0.356 e. The Balaban J connectivity index is 2.05. The van der Waals surface area contributed by atoms with Gasteiger partial charge in [0.1, 0.15) is 11.4 Å². The average Bonchev–Trinajstić information content (AvgIpc) is 2.61. The first-order chi connectivity index (χ1) is 11.2. The van der Waals surface area contributed by atoms with Crippen LogP contribution in [-0.2, 0) is 0 Å². The molecule has 0 atom stereocenters. The molecule has 2 heterocycles. The summed E-state index contributed by atoms with van der Waals surface area (Å²) in [5, 5.41) is 0. The van der Waals surface area contributed by atoms with Crippen LogP contribution in [0, 0.1) is 6.92 Å². The normalized spacial score (nSPS) is 14.6. The number of benzene rings is 1. The summed E-state index contributed by atoms with van der Waals surface area (Å²) in [6, 6.07) is 8.03. The molecule has 1 saturated heterocycles. The second kappa shape index (κ2) is 6.75. The number of carbonyl (C=O) groups is 1. The Hall–Kier alpha value is -2.47. The number of rotatable bonds is 3. The van der Waals surface area contributed by atoms with E-state index in [4.69, 9.17) is 5.84 Å². The van der Waals surface area contributed by atoms with Crippen LogP contribution in [0.25, 0.3) is 11.4 Å². The number of carbonyl (C=O) groups excluding carboxylic acids is 1. The first kappa shape index (κ1) is 15.4. The minimum absolute atomic E-state index is 0.360. The summed E-state index contributed by atoms with van der Waals surface area (Å²) in [5.74, 6) is 6.23. The van der Waals surface area contributed by atoms with E-state index < -0.39 is 0 Å². The Morgan fingerprint density at radius 2 is 2.04 bits per heavy atom. The summed E-state index contributed by atoms with van der Waals surface area (Å²) in [7, 11) is 0. The molecule has 2 aromatic rings. The van der Waals surface area contributed by atoms with Gasteiger partial charge in [0.05, 0.1) is 0 Å². The number of nitrogens with one attached hydrogen (secondary N) is 1. The van der Waals surface area contributed by atoms with Crippen molar-refractivity contribution in [1.82, 2.24) is 15.4 Å². The maximum Gasteiger partial charge on any atom is 0.270 e. The average molecular weight is 311 g/mol. The molecule has 1 amide bonds. The number of hydrazine groups is 1. The number of aromatic nitrogens is 2. The van der Waals surface area contributed by atoms with Gasteiger partial charge in [0.2, 0.25) is 0 Å². The number of hydrogen-bond donors (Lipinski definition) is 2. The van der Waals surface area contributed by atoms with E-state index in [1.807, 2.05) is 31.2 Å². The van der Waals surface area contributed by atoms with E-state index in [1.165, 1.54) is 6.42 Å². The van der Waals surface area contributed by atoms with Gasteiger partial charge < -0.3 is 4.90 Å². The second-order valence-electron chi connectivity index (χ2n) is 5.82. The van der Waals surface area contributed by atoms with Gasteiger partial charge in [-0.25, -0.2) is 15.8 Å². The van der Waals surface area contributed by atoms with E-state index in [-0.39, 0.29) is 5.91 Å². The van der Waals surface area contributed by atoms with Crippen LogP contribution in [0.5, 0.6) is 0 Å². The zero-order valence-corrected chi connectivity index (χ0v) is 13.2. The minimum atomic E-state index is -0.360. The lowest BCUT2D eigenvalue weighted by Crippen LogP contribution is -2.35. The third-order valence-electron chi connectivity index (χ3n) is 4.08. The Kier molecular flexibility index (Phi) is 4.52. The lowest BCUT2D eigenvalue weighted by Gasteiger charge is -2.29. The topological polar surface area (TPSA) is 84.1 Å². The second-order valence-corrected chi connectivity index (χ2v) is 5.82. The molecule has 0 saturated carbocycles. The van der Waals surface area contributed by atoms with Crippen molar-refractivity contribution in [3.8, 4) is 11.4 Å². The highest BCUT2D eigenvalue weighted by molar-refractivity contribution is 5.98. The standard InChI is InChI=1S/C17H21N5O/c1-12-6-5-7-13(10-12)15-19-11-14(17(23)21-18)16(20-15)22-8-3-2-4-9-22/h5-7,10-11H,2-4,8-9,18H2,1H3,(H,21,23). The van der Waals surface area contributed by atoms with Crippen molar-refractivity contribution in [2.75, 3.05) is 18.0 Å². The molecular formula is C17H21N5O. The molecule has 1 aromatic carbocycles. The van der Waals surface area contributed by atoms with E-state index in [1.54, 1.807) is 6.20 Å². The molecule has 0 radical (unpaired) electrons. The largest absolute Gasteiger partial charge is 0.356 e. The number of piperidine rings is 1. The molecule has 0 unspecified atom stereocenters. The first-order valence-electron chi connectivity index (χ1n) is 7.89. The van der Waals surface area contributed by atoms with Crippen molar-refractivity contribution in [3.05, 3.63) is 41.6 Å². The van der Waals surface area contributed by atoms with Gasteiger partial charge in [0.25, 0.3) is 5.91 Å². The summed E-state index contributed by atoms with van der Waals surface area (Å²) in [5.41, 5.74) is 4.70. The smallest absolute Gasteiger partial charge is 0.270 e. The predicted molar refractivity (Wildman–Crippen MR) is 89.9 cm³/mol. The number of nitrogen functional groups attached to an aromatic ring is 1. The zero-order chi connectivity index (χ0) is 16.2. The lowest BCUT2D eigenvalue weighted by atomic mass is 10.1. The van der Waals surface area contributed by atoms with Crippen LogP contribution in [0.3, 0.4) is 0 Å². The molecule has 0 aliphatic carbocycles. The summed E-state index contributed by atoms with van der Waals surface area (Å²) in [4.78, 5) is 23.2. The summed E-state index contributed by atoms with van der Waals surface area (Å²) in [6.07, 6.45) is 4.99. The number of amides is 1. The van der Waals surface area contributed by atoms with Gasteiger partial charge in [-0.15, -0.1) is 0 Å². The zero-order valence-electron chi connectivity index (χ0n) is 13.2. The fourth-order valence-electron chi connectivity index (χ4n) is 2.88. The third kappa shape index (κ3) is 3.32. The molecule has 1 aliphatic rings. The molecule has 1 aliphatic heterocycles. The van der Waals surface area contributed by atoms with Crippen LogP contribution in [0.1, 0.15) is 35.2 Å². The number of hydrogen-bond acceptors (Lipinski definition) is 5. The maximum absolute atomic E-state index is 12.0. The summed E-state index contributed by atoms with van der Waals surface area (Å²) < 4.78 is 0. The van der Waals surface area contributed by atoms with Crippen LogP contribution < -0.4 is 16.2 Å². The molecule has 0 bridgehead atoms. The van der Waals surface area contributed by atoms with E-state index in [0.29, 0.717) is 17.2 Å². The summed E-state index contributed by atoms with van der Waals surface area (Å²) in [6.45, 7) is 3.83. The predicted octanol–water partition coefficient (Wildman–Crippen LogP) is 2.05. The van der Waals surface area contributed by atoms with Crippen molar-refractivity contribution >= 4 is 11.7 Å². The molecule has 6 nitrogen and oxygen atoms in total. The molecule has 3 N–H and O–H groups in total. The Morgan fingerprint density at radius 3 is 2.74 bits per heavy atom. The Morgan fingerprint density at radius 1 is 1.26 bits per heavy atom. The number of nitrogens with two attached hydrogens (primary N) is 1. The molecule has 1 fully saturated rings. The van der Waals surface area contributed by atoms with Crippen molar-refractivity contribution in [2.45, 2.75) is 26.2 Å². The SMILES string of the molecule is Cc1cccc(-c2ncc(C(=O)NN)c(N3CCCCC3)n2)c1. The van der Waals surface area contributed by atoms with Crippen LogP contribution in [0.15, 0.2) is 30.5 Å². The van der Waals surface area contributed by atoms with Gasteiger partial charge in [0.15, 0.2) is 5.82 Å². The van der Waals surface area contributed by atoms with Crippen LogP contribution in [0.4, 0.5) is 5.82 Å². The van der Waals surface area contributed by atoms with Crippen LogP contribution in [0.2, 0.25) is 0 Å². The van der Waals surface area contributed by atoms with Crippen molar-refractivity contribution in [2.24, 2.45) is 5.84 Å². The molecule has 3 rings (SSSR count). The van der Waals surface area contributed by atoms with Gasteiger partial charge >= 0.3 is 0 Å².